The van der Waals surface area contributed by atoms with Crippen LogP contribution in [0.5, 0.6) is 5.75 Å². The fourth-order valence-corrected chi connectivity index (χ4v) is 3.55. The summed E-state index contributed by atoms with van der Waals surface area (Å²) in [5.41, 5.74) is 2.91. The summed E-state index contributed by atoms with van der Waals surface area (Å²) in [4.78, 5) is 16.6. The number of fused-ring (bicyclic) bond motifs is 1. The minimum atomic E-state index is -0.798. The number of aliphatic hydroxyl groups excluding tert-OH is 1. The molecule has 3 aromatic rings. The van der Waals surface area contributed by atoms with E-state index in [9.17, 15) is 9.90 Å². The molecule has 0 bridgehead atoms. The lowest BCUT2D eigenvalue weighted by Gasteiger charge is -2.21. The molecule has 0 aliphatic rings. The van der Waals surface area contributed by atoms with E-state index in [2.05, 4.69) is 31.8 Å². The van der Waals surface area contributed by atoms with Crippen molar-refractivity contribution >= 4 is 21.6 Å². The van der Waals surface area contributed by atoms with Gasteiger partial charge in [0, 0.05) is 0 Å². The third-order valence-corrected chi connectivity index (χ3v) is 5.21. The van der Waals surface area contributed by atoms with Crippen molar-refractivity contribution in [3.05, 3.63) is 57.5 Å². The van der Waals surface area contributed by atoms with Crippen LogP contribution in [-0.4, -0.2) is 27.4 Å². The number of hydrogen-bond acceptors (Lipinski definition) is 5. The molecule has 0 saturated carbocycles. The molecule has 1 aromatic carbocycles. The molecule has 0 fully saturated rings. The highest BCUT2D eigenvalue weighted by atomic mass is 32.1. The Morgan fingerprint density at radius 2 is 2.08 bits per heavy atom. The van der Waals surface area contributed by atoms with Gasteiger partial charge >= 0.3 is 0 Å². The van der Waals surface area contributed by atoms with Gasteiger partial charge < -0.3 is 9.84 Å². The Kier molecular flexibility index (Phi) is 5.16. The van der Waals surface area contributed by atoms with E-state index >= 15 is 0 Å². The molecule has 5 nitrogen and oxygen atoms in total. The maximum absolute atomic E-state index is 12.4. The predicted molar refractivity (Wildman–Crippen MR) is 105 cm³/mol. The number of nitrogens with zero attached hydrogens (tertiary/aromatic N) is 2. The van der Waals surface area contributed by atoms with E-state index in [4.69, 9.17) is 4.74 Å². The van der Waals surface area contributed by atoms with Gasteiger partial charge in [0.1, 0.15) is 23.2 Å². The number of aliphatic hydroxyl groups is 1. The van der Waals surface area contributed by atoms with Gasteiger partial charge in [0.2, 0.25) is 0 Å². The molecule has 0 aliphatic heterocycles. The van der Waals surface area contributed by atoms with Gasteiger partial charge in [0.05, 0.1) is 18.4 Å². The topological polar surface area (TPSA) is 64.3 Å². The van der Waals surface area contributed by atoms with E-state index < -0.39 is 6.10 Å². The second kappa shape index (κ2) is 7.21. The van der Waals surface area contributed by atoms with Crippen LogP contribution >= 0.6 is 11.3 Å². The molecule has 0 spiro atoms. The second-order valence-corrected chi connectivity index (χ2v) is 8.45. The first-order valence-corrected chi connectivity index (χ1v) is 9.48. The molecule has 138 valence electrons. The summed E-state index contributed by atoms with van der Waals surface area (Å²) in [5.74, 6) is 0.747. The Morgan fingerprint density at radius 1 is 1.31 bits per heavy atom. The van der Waals surface area contributed by atoms with E-state index in [0.29, 0.717) is 10.2 Å². The molecule has 1 atom stereocenters. The van der Waals surface area contributed by atoms with E-state index in [1.54, 1.807) is 0 Å². The first-order chi connectivity index (χ1) is 12.3. The average molecular weight is 372 g/mol. The van der Waals surface area contributed by atoms with Crippen LogP contribution in [0.2, 0.25) is 0 Å². The molecule has 0 amide bonds. The van der Waals surface area contributed by atoms with E-state index in [1.807, 2.05) is 30.5 Å². The van der Waals surface area contributed by atoms with Crippen LogP contribution in [-0.2, 0) is 12.0 Å². The zero-order valence-corrected chi connectivity index (χ0v) is 16.3. The molecule has 1 N–H and O–H groups in total. The maximum Gasteiger partial charge on any atom is 0.271 e. The molecule has 0 unspecified atom stereocenters. The Bertz CT molecular complexity index is 969. The molecule has 2 heterocycles. The van der Waals surface area contributed by atoms with Crippen molar-refractivity contribution in [1.29, 1.82) is 0 Å². The van der Waals surface area contributed by atoms with Crippen molar-refractivity contribution in [3.63, 3.8) is 0 Å². The highest BCUT2D eigenvalue weighted by Crippen LogP contribution is 2.27. The lowest BCUT2D eigenvalue weighted by Crippen LogP contribution is -2.30. The van der Waals surface area contributed by atoms with Crippen molar-refractivity contribution in [2.24, 2.45) is 0 Å². The number of rotatable bonds is 5. The number of aromatic nitrogens is 2. The summed E-state index contributed by atoms with van der Waals surface area (Å²) < 4.78 is 7.81. The van der Waals surface area contributed by atoms with E-state index in [1.165, 1.54) is 27.8 Å². The van der Waals surface area contributed by atoms with Crippen LogP contribution in [0.4, 0.5) is 0 Å². The van der Waals surface area contributed by atoms with Crippen LogP contribution in [0.15, 0.2) is 40.8 Å². The molecule has 0 radical (unpaired) electrons. The summed E-state index contributed by atoms with van der Waals surface area (Å²) in [7, 11) is 0. The molecule has 3 rings (SSSR count). The highest BCUT2D eigenvalue weighted by Gasteiger charge is 2.16. The third-order valence-electron chi connectivity index (χ3n) is 4.32. The molecule has 0 saturated heterocycles. The van der Waals surface area contributed by atoms with Gasteiger partial charge in [-0.25, -0.2) is 4.98 Å². The van der Waals surface area contributed by atoms with E-state index in [-0.39, 0.29) is 24.1 Å². The first-order valence-electron chi connectivity index (χ1n) is 8.60. The Hall–Kier alpha value is -2.18. The van der Waals surface area contributed by atoms with Crippen LogP contribution in [0.3, 0.4) is 0 Å². The predicted octanol–water partition coefficient (Wildman–Crippen LogP) is 3.50. The SMILES string of the molecule is Cc1cc(C(C)(C)C)ccc1OC[C@H](O)Cn1cnc2ccsc2c1=O. The van der Waals surface area contributed by atoms with Gasteiger partial charge in [0.15, 0.2) is 0 Å². The molecular formula is C20H24N2O3S. The molecular weight excluding hydrogens is 348 g/mol. The van der Waals surface area contributed by atoms with Crippen molar-refractivity contribution in [2.75, 3.05) is 6.61 Å². The fourth-order valence-electron chi connectivity index (χ4n) is 2.75. The Balaban J connectivity index is 1.66. The molecule has 0 aliphatic carbocycles. The van der Waals surface area contributed by atoms with Gasteiger partial charge in [-0.2, -0.15) is 0 Å². The standard InChI is InChI=1S/C20H24N2O3S/c1-13-9-14(20(2,3)4)5-6-17(13)25-11-15(23)10-22-12-21-16-7-8-26-18(16)19(22)24/h5-9,12,15,23H,10-11H2,1-4H3/t15-/m1/s1. The number of aryl methyl sites for hydroxylation is 1. The van der Waals surface area contributed by atoms with Crippen LogP contribution in [0.25, 0.3) is 10.2 Å². The lowest BCUT2D eigenvalue weighted by atomic mass is 9.86. The fraction of sp³-hybridized carbons (Fsp3) is 0.400. The second-order valence-electron chi connectivity index (χ2n) is 7.53. The molecule has 6 heteroatoms. The van der Waals surface area contributed by atoms with Crippen molar-refractivity contribution in [2.45, 2.75) is 45.8 Å². The monoisotopic (exact) mass is 372 g/mol. The summed E-state index contributed by atoms with van der Waals surface area (Å²) in [5, 5.41) is 12.1. The normalized spacial score (nSPS) is 13.1. The minimum Gasteiger partial charge on any atom is -0.491 e. The van der Waals surface area contributed by atoms with Gasteiger partial charge in [-0.15, -0.1) is 11.3 Å². The number of hydrogen-bond donors (Lipinski definition) is 1. The summed E-state index contributed by atoms with van der Waals surface area (Å²) >= 11 is 1.36. The number of benzene rings is 1. The summed E-state index contributed by atoms with van der Waals surface area (Å²) in [6.45, 7) is 8.77. The van der Waals surface area contributed by atoms with Gasteiger partial charge in [-0.1, -0.05) is 32.9 Å². The minimum absolute atomic E-state index is 0.0808. The first kappa shape index (κ1) is 18.6. The maximum atomic E-state index is 12.4. The third kappa shape index (κ3) is 3.97. The zero-order chi connectivity index (χ0) is 18.9. The number of ether oxygens (including phenoxy) is 1. The lowest BCUT2D eigenvalue weighted by molar-refractivity contribution is 0.0911. The quantitative estimate of drug-likeness (QED) is 0.744. The largest absolute Gasteiger partial charge is 0.491 e. The molecule has 26 heavy (non-hydrogen) atoms. The van der Waals surface area contributed by atoms with Crippen LogP contribution < -0.4 is 10.3 Å². The highest BCUT2D eigenvalue weighted by molar-refractivity contribution is 7.17. The van der Waals surface area contributed by atoms with Crippen molar-refractivity contribution in [3.8, 4) is 5.75 Å². The van der Waals surface area contributed by atoms with Crippen LogP contribution in [0, 0.1) is 6.92 Å². The number of thiophene rings is 1. The van der Waals surface area contributed by atoms with Crippen molar-refractivity contribution in [1.82, 2.24) is 9.55 Å². The van der Waals surface area contributed by atoms with Gasteiger partial charge in [0.25, 0.3) is 5.56 Å². The van der Waals surface area contributed by atoms with Crippen LogP contribution in [0.1, 0.15) is 31.9 Å². The molecule has 2 aromatic heterocycles. The zero-order valence-electron chi connectivity index (χ0n) is 15.5. The summed E-state index contributed by atoms with van der Waals surface area (Å²) in [6, 6.07) is 7.91. The Morgan fingerprint density at radius 3 is 2.77 bits per heavy atom. The van der Waals surface area contributed by atoms with Gasteiger partial charge in [-0.05, 0) is 41.0 Å². The van der Waals surface area contributed by atoms with Gasteiger partial charge in [-0.3, -0.25) is 9.36 Å². The smallest absolute Gasteiger partial charge is 0.271 e. The van der Waals surface area contributed by atoms with Crippen molar-refractivity contribution < 1.29 is 9.84 Å². The Labute approximate surface area is 156 Å². The van der Waals surface area contributed by atoms with E-state index in [0.717, 1.165) is 11.3 Å². The summed E-state index contributed by atoms with van der Waals surface area (Å²) in [6.07, 6.45) is 0.679. The average Bonchev–Trinajstić information content (AvgIpc) is 3.05.